The summed E-state index contributed by atoms with van der Waals surface area (Å²) in [6.07, 6.45) is -10.2. The molecule has 1 aromatic carbocycles. The van der Waals surface area contributed by atoms with Crippen molar-refractivity contribution in [2.45, 2.75) is 45.0 Å². The third-order valence-electron chi connectivity index (χ3n) is 4.12. The van der Waals surface area contributed by atoms with Gasteiger partial charge in [-0.05, 0) is 48.6 Å². The van der Waals surface area contributed by atoms with Gasteiger partial charge in [0.2, 0.25) is 0 Å². The molecule has 0 atom stereocenters. The summed E-state index contributed by atoms with van der Waals surface area (Å²) in [6, 6.07) is 3.30. The summed E-state index contributed by atoms with van der Waals surface area (Å²) in [4.78, 5) is 3.31. The van der Waals surface area contributed by atoms with Gasteiger partial charge < -0.3 is 5.32 Å². The van der Waals surface area contributed by atoms with Crippen LogP contribution in [0.3, 0.4) is 0 Å². The van der Waals surface area contributed by atoms with Crippen LogP contribution in [-0.2, 0) is 6.42 Å². The van der Waals surface area contributed by atoms with Crippen LogP contribution in [0.25, 0.3) is 0 Å². The van der Waals surface area contributed by atoms with Crippen molar-refractivity contribution in [1.29, 1.82) is 0 Å². The van der Waals surface area contributed by atoms with Crippen molar-refractivity contribution >= 4 is 5.84 Å². The van der Waals surface area contributed by atoms with E-state index < -0.39 is 30.5 Å². The van der Waals surface area contributed by atoms with Crippen molar-refractivity contribution < 1.29 is 35.1 Å². The number of aryl methyl sites for hydroxylation is 2. The van der Waals surface area contributed by atoms with Crippen LogP contribution >= 0.6 is 0 Å². The molecule has 1 heterocycles. The molecule has 29 heavy (non-hydrogen) atoms. The zero-order valence-corrected chi connectivity index (χ0v) is 15.3. The van der Waals surface area contributed by atoms with Crippen LogP contribution in [0.5, 0.6) is 0 Å². The van der Waals surface area contributed by atoms with Crippen LogP contribution in [-0.4, -0.2) is 30.7 Å². The van der Waals surface area contributed by atoms with Crippen molar-refractivity contribution in [1.82, 2.24) is 5.32 Å². The predicted molar refractivity (Wildman–Crippen MR) is 91.7 cm³/mol. The highest BCUT2D eigenvalue weighted by atomic mass is 19.4. The SMILES string of the molecule is Cc1cc(C)c(CC2=CNC(C(F)(F)C(F)(F)F)=NC2)cc1C#CCC(F)(F)F. The molecule has 0 bridgehead atoms. The van der Waals surface area contributed by atoms with Gasteiger partial charge in [-0.25, -0.2) is 0 Å². The maximum absolute atomic E-state index is 13.3. The molecule has 2 nitrogen and oxygen atoms in total. The largest absolute Gasteiger partial charge is 0.461 e. The van der Waals surface area contributed by atoms with Crippen molar-refractivity contribution in [3.8, 4) is 11.8 Å². The van der Waals surface area contributed by atoms with Crippen molar-refractivity contribution in [2.24, 2.45) is 4.99 Å². The Morgan fingerprint density at radius 1 is 1.00 bits per heavy atom. The summed E-state index contributed by atoms with van der Waals surface area (Å²) < 4.78 is 101. The third kappa shape index (κ3) is 5.71. The third-order valence-corrected chi connectivity index (χ3v) is 4.12. The van der Waals surface area contributed by atoms with E-state index in [4.69, 9.17) is 0 Å². The average Bonchev–Trinajstić information content (AvgIpc) is 2.57. The first-order valence-corrected chi connectivity index (χ1v) is 8.30. The van der Waals surface area contributed by atoms with Gasteiger partial charge in [0.1, 0.15) is 6.42 Å². The normalized spacial score (nSPS) is 15.1. The zero-order chi connectivity index (χ0) is 22.0. The van der Waals surface area contributed by atoms with Crippen molar-refractivity contribution in [3.63, 3.8) is 0 Å². The molecule has 2 rings (SSSR count). The summed E-state index contributed by atoms with van der Waals surface area (Å²) in [6.45, 7) is 3.07. The molecule has 0 aliphatic carbocycles. The zero-order valence-electron chi connectivity index (χ0n) is 15.3. The van der Waals surface area contributed by atoms with Gasteiger partial charge in [-0.15, -0.1) is 0 Å². The summed E-state index contributed by atoms with van der Waals surface area (Å²) in [7, 11) is 0. The highest BCUT2D eigenvalue weighted by molar-refractivity contribution is 5.91. The number of alkyl halides is 8. The number of halogens is 8. The molecule has 0 saturated carbocycles. The van der Waals surface area contributed by atoms with Crippen LogP contribution in [0.4, 0.5) is 35.1 Å². The van der Waals surface area contributed by atoms with E-state index in [1.807, 2.05) is 5.32 Å². The molecule has 0 aromatic heterocycles. The lowest BCUT2D eigenvalue weighted by molar-refractivity contribution is -0.250. The van der Waals surface area contributed by atoms with E-state index in [1.54, 1.807) is 26.0 Å². The molecule has 1 aliphatic rings. The highest BCUT2D eigenvalue weighted by Gasteiger charge is 2.61. The van der Waals surface area contributed by atoms with E-state index in [0.717, 1.165) is 11.8 Å². The van der Waals surface area contributed by atoms with Gasteiger partial charge >= 0.3 is 18.3 Å². The maximum Gasteiger partial charge on any atom is 0.461 e. The van der Waals surface area contributed by atoms with E-state index in [0.29, 0.717) is 22.3 Å². The fourth-order valence-electron chi connectivity index (χ4n) is 2.58. The lowest BCUT2D eigenvalue weighted by atomic mass is 9.95. The molecular weight excluding hydrogens is 408 g/mol. The lowest BCUT2D eigenvalue weighted by Gasteiger charge is -2.24. The summed E-state index contributed by atoms with van der Waals surface area (Å²) in [5, 5.41) is 1.90. The number of nitrogens with zero attached hydrogens (tertiary/aromatic N) is 1. The Hall–Kier alpha value is -2.57. The molecule has 0 amide bonds. The van der Waals surface area contributed by atoms with E-state index in [2.05, 4.69) is 16.8 Å². The number of hydrogen-bond donors (Lipinski definition) is 1. The first-order chi connectivity index (χ1) is 13.2. The summed E-state index contributed by atoms with van der Waals surface area (Å²) >= 11 is 0. The summed E-state index contributed by atoms with van der Waals surface area (Å²) in [5.41, 5.74) is 2.92. The van der Waals surface area contributed by atoms with E-state index in [9.17, 15) is 35.1 Å². The van der Waals surface area contributed by atoms with Gasteiger partial charge in [0.25, 0.3) is 0 Å². The van der Waals surface area contributed by atoms with E-state index in [-0.39, 0.29) is 13.0 Å². The molecule has 0 unspecified atom stereocenters. The second kappa shape index (κ2) is 8.05. The molecule has 0 radical (unpaired) electrons. The predicted octanol–water partition coefficient (Wildman–Crippen LogP) is 5.23. The number of benzene rings is 1. The van der Waals surface area contributed by atoms with Crippen LogP contribution in [0.15, 0.2) is 28.9 Å². The molecule has 1 aliphatic heterocycles. The molecule has 0 saturated heterocycles. The Morgan fingerprint density at radius 2 is 1.66 bits per heavy atom. The van der Waals surface area contributed by atoms with Gasteiger partial charge in [0, 0.05) is 11.8 Å². The fourth-order valence-corrected chi connectivity index (χ4v) is 2.58. The van der Waals surface area contributed by atoms with Crippen LogP contribution in [0, 0.1) is 25.7 Å². The first kappa shape index (κ1) is 22.7. The second-order valence-corrected chi connectivity index (χ2v) is 6.55. The molecule has 0 fully saturated rings. The first-order valence-electron chi connectivity index (χ1n) is 8.30. The standard InChI is InChI=1S/C19H16F8N2/c1-11-6-12(2)15(8-14(11)4-3-5-17(20,21)22)7-13-9-28-16(29-10-13)18(23,24)19(25,26)27/h6,8-9H,5,7,10H2,1-2H3,(H,28,29). The maximum atomic E-state index is 13.3. The van der Waals surface area contributed by atoms with Crippen LogP contribution in [0.2, 0.25) is 0 Å². The second-order valence-electron chi connectivity index (χ2n) is 6.55. The number of aliphatic imine (C=N–C) groups is 1. The van der Waals surface area contributed by atoms with E-state index in [1.165, 1.54) is 0 Å². The number of amidine groups is 1. The minimum atomic E-state index is -5.76. The molecule has 158 valence electrons. The highest BCUT2D eigenvalue weighted by Crippen LogP contribution is 2.36. The molecule has 0 spiro atoms. The minimum Gasteiger partial charge on any atom is -0.345 e. The average molecular weight is 424 g/mol. The number of rotatable bonds is 3. The minimum absolute atomic E-state index is 0.168. The molecule has 10 heteroatoms. The monoisotopic (exact) mass is 424 g/mol. The Kier molecular flexibility index (Phi) is 6.30. The van der Waals surface area contributed by atoms with Crippen LogP contribution in [0.1, 0.15) is 28.7 Å². The summed E-state index contributed by atoms with van der Waals surface area (Å²) in [5.74, 6) is -2.05. The van der Waals surface area contributed by atoms with Gasteiger partial charge in [-0.2, -0.15) is 35.1 Å². The molecular formula is C19H16F8N2. The Labute approximate surface area is 161 Å². The topological polar surface area (TPSA) is 24.4 Å². The van der Waals surface area contributed by atoms with Crippen molar-refractivity contribution in [3.05, 3.63) is 46.2 Å². The van der Waals surface area contributed by atoms with Gasteiger partial charge in [0.15, 0.2) is 5.84 Å². The Balaban J connectivity index is 2.16. The van der Waals surface area contributed by atoms with Gasteiger partial charge in [-0.3, -0.25) is 4.99 Å². The van der Waals surface area contributed by atoms with Crippen molar-refractivity contribution in [2.75, 3.05) is 6.54 Å². The van der Waals surface area contributed by atoms with Crippen LogP contribution < -0.4 is 5.32 Å². The molecule has 1 aromatic rings. The van der Waals surface area contributed by atoms with Gasteiger partial charge in [0.05, 0.1) is 6.54 Å². The fraction of sp³-hybridized carbons (Fsp3) is 0.421. The lowest BCUT2D eigenvalue weighted by Crippen LogP contribution is -2.50. The Morgan fingerprint density at radius 3 is 2.17 bits per heavy atom. The Bertz CT molecular complexity index is 896. The smallest absolute Gasteiger partial charge is 0.345 e. The van der Waals surface area contributed by atoms with Gasteiger partial charge in [-0.1, -0.05) is 17.9 Å². The number of nitrogens with one attached hydrogen (secondary N) is 1. The van der Waals surface area contributed by atoms with E-state index >= 15 is 0 Å². The molecule has 1 N–H and O–H groups in total. The quantitative estimate of drug-likeness (QED) is 0.522. The number of hydrogen-bond acceptors (Lipinski definition) is 2.